The van der Waals surface area contributed by atoms with E-state index in [9.17, 15) is 15.2 Å². The Balaban J connectivity index is 1.93. The molecule has 0 aliphatic carbocycles. The maximum Gasteiger partial charge on any atom is 0.259 e. The predicted octanol–water partition coefficient (Wildman–Crippen LogP) is 7.22. The zero-order valence-electron chi connectivity index (χ0n) is 15.5. The van der Waals surface area contributed by atoms with E-state index in [2.05, 4.69) is 11.4 Å². The molecule has 1 atom stereocenters. The minimum Gasteiger partial charge on any atom is -0.505 e. The molecule has 0 fully saturated rings. The normalized spacial score (nSPS) is 11.6. The SMILES string of the molecule is Cc1cc(C(C#N)c2ccc(Cl)cc2)c(Cl)cc1NC(=O)c1ccc(Cl)c(Cl)c1O. The van der Waals surface area contributed by atoms with Gasteiger partial charge < -0.3 is 10.4 Å². The van der Waals surface area contributed by atoms with E-state index in [1.54, 1.807) is 43.3 Å². The highest BCUT2D eigenvalue weighted by atomic mass is 35.5. The van der Waals surface area contributed by atoms with Gasteiger partial charge in [-0.15, -0.1) is 0 Å². The molecule has 0 bridgehead atoms. The number of carbonyl (C=O) groups excluding carboxylic acids is 1. The first kappa shape index (κ1) is 22.3. The van der Waals surface area contributed by atoms with E-state index in [4.69, 9.17) is 46.4 Å². The van der Waals surface area contributed by atoms with Crippen molar-refractivity contribution in [1.29, 1.82) is 5.26 Å². The fourth-order valence-electron chi connectivity index (χ4n) is 2.95. The fraction of sp³-hybridized carbons (Fsp3) is 0.0909. The number of nitrogens with one attached hydrogen (secondary N) is 1. The van der Waals surface area contributed by atoms with Crippen LogP contribution in [0.3, 0.4) is 0 Å². The van der Waals surface area contributed by atoms with Gasteiger partial charge in [0.1, 0.15) is 10.8 Å². The van der Waals surface area contributed by atoms with Crippen molar-refractivity contribution in [3.8, 4) is 11.8 Å². The number of aryl methyl sites for hydroxylation is 1. The molecule has 0 aliphatic rings. The van der Waals surface area contributed by atoms with Crippen molar-refractivity contribution in [2.24, 2.45) is 0 Å². The molecule has 0 saturated carbocycles. The summed E-state index contributed by atoms with van der Waals surface area (Å²) < 4.78 is 0. The predicted molar refractivity (Wildman–Crippen MR) is 121 cm³/mol. The average molecular weight is 480 g/mol. The number of carbonyl (C=O) groups is 1. The third kappa shape index (κ3) is 4.50. The molecule has 30 heavy (non-hydrogen) atoms. The van der Waals surface area contributed by atoms with Gasteiger partial charge in [-0.25, -0.2) is 0 Å². The molecule has 0 saturated heterocycles. The van der Waals surface area contributed by atoms with Crippen molar-refractivity contribution in [2.75, 3.05) is 5.32 Å². The second-order valence-electron chi connectivity index (χ2n) is 6.51. The molecule has 0 spiro atoms. The van der Waals surface area contributed by atoms with Gasteiger partial charge in [0.15, 0.2) is 0 Å². The molecule has 3 aromatic rings. The number of aromatic hydroxyl groups is 1. The third-order valence-corrected chi connectivity index (χ3v) is 5.92. The quantitative estimate of drug-likeness (QED) is 0.414. The molecule has 3 aromatic carbocycles. The minimum absolute atomic E-state index is 0.0277. The monoisotopic (exact) mass is 478 g/mol. The number of nitrogens with zero attached hydrogens (tertiary/aromatic N) is 1. The lowest BCUT2D eigenvalue weighted by atomic mass is 9.91. The summed E-state index contributed by atoms with van der Waals surface area (Å²) in [6.07, 6.45) is 0. The molecule has 8 heteroatoms. The Hall–Kier alpha value is -2.42. The number of hydrogen-bond acceptors (Lipinski definition) is 3. The first-order chi connectivity index (χ1) is 14.2. The minimum atomic E-state index is -0.600. The van der Waals surface area contributed by atoms with Crippen LogP contribution in [-0.4, -0.2) is 11.0 Å². The topological polar surface area (TPSA) is 73.1 Å². The van der Waals surface area contributed by atoms with E-state index in [1.165, 1.54) is 12.1 Å². The maximum atomic E-state index is 12.6. The summed E-state index contributed by atoms with van der Waals surface area (Å²) in [6, 6.07) is 15.3. The van der Waals surface area contributed by atoms with Crippen molar-refractivity contribution < 1.29 is 9.90 Å². The molecule has 0 radical (unpaired) electrons. The van der Waals surface area contributed by atoms with E-state index >= 15 is 0 Å². The summed E-state index contributed by atoms with van der Waals surface area (Å²) in [5, 5.41) is 23.4. The number of benzene rings is 3. The Morgan fingerprint density at radius 2 is 1.70 bits per heavy atom. The van der Waals surface area contributed by atoms with Gasteiger partial charge in [-0.05, 0) is 53.9 Å². The molecule has 4 nitrogen and oxygen atoms in total. The standard InChI is InChI=1S/C22H14Cl4N2O2/c1-11-8-15(16(10-27)12-2-4-13(23)5-3-12)18(25)9-19(11)28-22(30)14-6-7-17(24)20(26)21(14)29/h2-9,16,29H,1H3,(H,28,30). The first-order valence-electron chi connectivity index (χ1n) is 8.66. The summed E-state index contributed by atoms with van der Waals surface area (Å²) in [6.45, 7) is 1.78. The lowest BCUT2D eigenvalue weighted by Gasteiger charge is -2.16. The number of phenolic OH excluding ortho intramolecular Hbond substituents is 1. The van der Waals surface area contributed by atoms with Crippen molar-refractivity contribution in [1.82, 2.24) is 0 Å². The van der Waals surface area contributed by atoms with Gasteiger partial charge in [0.2, 0.25) is 0 Å². The smallest absolute Gasteiger partial charge is 0.259 e. The van der Waals surface area contributed by atoms with Gasteiger partial charge in [0, 0.05) is 15.7 Å². The van der Waals surface area contributed by atoms with Crippen LogP contribution in [0.25, 0.3) is 0 Å². The third-order valence-electron chi connectivity index (χ3n) is 4.55. The van der Waals surface area contributed by atoms with Gasteiger partial charge in [-0.3, -0.25) is 4.79 Å². The van der Waals surface area contributed by atoms with Gasteiger partial charge in [0.25, 0.3) is 5.91 Å². The molecule has 1 unspecified atom stereocenters. The van der Waals surface area contributed by atoms with E-state index < -0.39 is 17.6 Å². The van der Waals surface area contributed by atoms with Crippen molar-refractivity contribution in [3.63, 3.8) is 0 Å². The van der Waals surface area contributed by atoms with Crippen molar-refractivity contribution >= 4 is 58.0 Å². The number of halogens is 4. The number of amides is 1. The van der Waals surface area contributed by atoms with Gasteiger partial charge in [0.05, 0.1) is 22.6 Å². The van der Waals surface area contributed by atoms with Crippen LogP contribution < -0.4 is 5.32 Å². The summed E-state index contributed by atoms with van der Waals surface area (Å²) in [7, 11) is 0. The van der Waals surface area contributed by atoms with Gasteiger partial charge in [-0.1, -0.05) is 64.6 Å². The van der Waals surface area contributed by atoms with Crippen LogP contribution in [0, 0.1) is 18.3 Å². The van der Waals surface area contributed by atoms with Crippen LogP contribution in [0.2, 0.25) is 20.1 Å². The highest BCUT2D eigenvalue weighted by molar-refractivity contribution is 6.43. The summed E-state index contributed by atoms with van der Waals surface area (Å²) in [5.41, 5.74) is 2.46. The van der Waals surface area contributed by atoms with Gasteiger partial charge >= 0.3 is 0 Å². The summed E-state index contributed by atoms with van der Waals surface area (Å²) in [4.78, 5) is 12.6. The fourth-order valence-corrected chi connectivity index (χ4v) is 3.67. The van der Waals surface area contributed by atoms with Crippen LogP contribution in [0.15, 0.2) is 48.5 Å². The van der Waals surface area contributed by atoms with E-state index in [0.29, 0.717) is 26.9 Å². The molecule has 152 valence electrons. The molecular weight excluding hydrogens is 466 g/mol. The molecule has 0 aromatic heterocycles. The largest absolute Gasteiger partial charge is 0.505 e. The van der Waals surface area contributed by atoms with Crippen LogP contribution in [-0.2, 0) is 0 Å². The van der Waals surface area contributed by atoms with Crippen LogP contribution in [0.4, 0.5) is 5.69 Å². The van der Waals surface area contributed by atoms with Crippen LogP contribution in [0.5, 0.6) is 5.75 Å². The Labute approximate surface area is 193 Å². The zero-order valence-corrected chi connectivity index (χ0v) is 18.5. The molecule has 3 rings (SSSR count). The van der Waals surface area contributed by atoms with Crippen molar-refractivity contribution in [3.05, 3.63) is 90.9 Å². The Kier molecular flexibility index (Phi) is 6.80. The van der Waals surface area contributed by atoms with Crippen LogP contribution in [0.1, 0.15) is 33.0 Å². The number of phenols is 1. The lowest BCUT2D eigenvalue weighted by Crippen LogP contribution is -2.13. The Bertz CT molecular complexity index is 1170. The highest BCUT2D eigenvalue weighted by Crippen LogP contribution is 2.36. The second kappa shape index (κ2) is 9.16. The molecule has 1 amide bonds. The number of nitriles is 1. The van der Waals surface area contributed by atoms with Gasteiger partial charge in [-0.2, -0.15) is 5.26 Å². The van der Waals surface area contributed by atoms with Crippen LogP contribution >= 0.6 is 46.4 Å². The Morgan fingerprint density at radius 1 is 1.03 bits per heavy atom. The first-order valence-corrected chi connectivity index (χ1v) is 10.2. The number of hydrogen-bond donors (Lipinski definition) is 2. The summed E-state index contributed by atoms with van der Waals surface area (Å²) in [5.74, 6) is -1.58. The number of anilines is 1. The molecule has 0 heterocycles. The van der Waals surface area contributed by atoms with E-state index in [0.717, 1.165) is 5.56 Å². The zero-order chi connectivity index (χ0) is 22.0. The summed E-state index contributed by atoms with van der Waals surface area (Å²) >= 11 is 24.1. The Morgan fingerprint density at radius 3 is 2.33 bits per heavy atom. The molecule has 2 N–H and O–H groups in total. The van der Waals surface area contributed by atoms with E-state index in [1.807, 2.05) is 0 Å². The molecule has 0 aliphatic heterocycles. The average Bonchev–Trinajstić information content (AvgIpc) is 2.71. The lowest BCUT2D eigenvalue weighted by molar-refractivity contribution is 0.102. The highest BCUT2D eigenvalue weighted by Gasteiger charge is 2.21. The second-order valence-corrected chi connectivity index (χ2v) is 8.14. The number of rotatable bonds is 4. The molecular formula is C22H14Cl4N2O2. The van der Waals surface area contributed by atoms with Crippen molar-refractivity contribution in [2.45, 2.75) is 12.8 Å². The maximum absolute atomic E-state index is 12.6. The van der Waals surface area contributed by atoms with E-state index in [-0.39, 0.29) is 15.6 Å².